The summed E-state index contributed by atoms with van der Waals surface area (Å²) in [4.78, 5) is 0. The number of anilines is 1. The zero-order chi connectivity index (χ0) is 9.52. The molecule has 0 amide bonds. The van der Waals surface area contributed by atoms with E-state index in [9.17, 15) is 0 Å². The molecule has 0 aromatic carbocycles. The SMILES string of the molecule is Cc1ccc(NCCCCCl)nn1. The lowest BCUT2D eigenvalue weighted by atomic mass is 10.3. The van der Waals surface area contributed by atoms with E-state index in [1.165, 1.54) is 0 Å². The van der Waals surface area contributed by atoms with E-state index < -0.39 is 0 Å². The van der Waals surface area contributed by atoms with E-state index in [2.05, 4.69) is 15.5 Å². The van der Waals surface area contributed by atoms with Gasteiger partial charge in [0, 0.05) is 12.4 Å². The van der Waals surface area contributed by atoms with E-state index in [4.69, 9.17) is 11.6 Å². The van der Waals surface area contributed by atoms with Crippen molar-refractivity contribution >= 4 is 17.4 Å². The van der Waals surface area contributed by atoms with E-state index in [0.29, 0.717) is 0 Å². The fraction of sp³-hybridized carbons (Fsp3) is 0.556. The molecule has 1 heterocycles. The first-order valence-corrected chi connectivity index (χ1v) is 4.96. The smallest absolute Gasteiger partial charge is 0.148 e. The molecule has 0 atom stereocenters. The Hall–Kier alpha value is -0.830. The Labute approximate surface area is 83.5 Å². The van der Waals surface area contributed by atoms with Crippen LogP contribution < -0.4 is 5.32 Å². The van der Waals surface area contributed by atoms with E-state index in [0.717, 1.165) is 36.8 Å². The molecule has 13 heavy (non-hydrogen) atoms. The molecular weight excluding hydrogens is 186 g/mol. The lowest BCUT2D eigenvalue weighted by Crippen LogP contribution is -2.04. The second kappa shape index (κ2) is 5.75. The number of nitrogens with zero attached hydrogens (tertiary/aromatic N) is 2. The van der Waals surface area contributed by atoms with Gasteiger partial charge in [-0.3, -0.25) is 0 Å². The van der Waals surface area contributed by atoms with Crippen LogP contribution in [0.25, 0.3) is 0 Å². The number of rotatable bonds is 5. The third kappa shape index (κ3) is 4.08. The zero-order valence-electron chi connectivity index (χ0n) is 7.76. The Balaban J connectivity index is 2.25. The van der Waals surface area contributed by atoms with E-state index in [-0.39, 0.29) is 0 Å². The van der Waals surface area contributed by atoms with Crippen LogP contribution in [0.3, 0.4) is 0 Å². The summed E-state index contributed by atoms with van der Waals surface area (Å²) in [6, 6.07) is 3.87. The van der Waals surface area contributed by atoms with Crippen molar-refractivity contribution < 1.29 is 0 Å². The molecule has 1 aromatic heterocycles. The van der Waals surface area contributed by atoms with Crippen LogP contribution in [0.5, 0.6) is 0 Å². The molecule has 1 N–H and O–H groups in total. The highest BCUT2D eigenvalue weighted by Gasteiger charge is 1.92. The summed E-state index contributed by atoms with van der Waals surface area (Å²) in [5, 5.41) is 11.1. The summed E-state index contributed by atoms with van der Waals surface area (Å²) in [5.41, 5.74) is 0.936. The van der Waals surface area contributed by atoms with Crippen molar-refractivity contribution in [2.24, 2.45) is 0 Å². The Morgan fingerprint density at radius 2 is 2.15 bits per heavy atom. The number of hydrogen-bond donors (Lipinski definition) is 1. The predicted molar refractivity (Wildman–Crippen MR) is 55.2 cm³/mol. The molecule has 0 aliphatic carbocycles. The van der Waals surface area contributed by atoms with Crippen molar-refractivity contribution in [3.8, 4) is 0 Å². The number of alkyl halides is 1. The molecule has 0 fully saturated rings. The average Bonchev–Trinajstić information content (AvgIpc) is 2.15. The monoisotopic (exact) mass is 199 g/mol. The van der Waals surface area contributed by atoms with Gasteiger partial charge in [-0.25, -0.2) is 0 Å². The molecule has 0 unspecified atom stereocenters. The first kappa shape index (κ1) is 10.3. The van der Waals surface area contributed by atoms with Gasteiger partial charge >= 0.3 is 0 Å². The molecule has 0 aliphatic rings. The van der Waals surface area contributed by atoms with Gasteiger partial charge in [-0.1, -0.05) is 0 Å². The first-order valence-electron chi connectivity index (χ1n) is 4.43. The van der Waals surface area contributed by atoms with E-state index >= 15 is 0 Å². The van der Waals surface area contributed by atoms with Gasteiger partial charge in [0.2, 0.25) is 0 Å². The van der Waals surface area contributed by atoms with E-state index in [1.54, 1.807) is 0 Å². The average molecular weight is 200 g/mol. The molecule has 0 bridgehead atoms. The van der Waals surface area contributed by atoms with Crippen LogP contribution in [-0.2, 0) is 0 Å². The third-order valence-corrected chi connectivity index (χ3v) is 1.93. The highest BCUT2D eigenvalue weighted by molar-refractivity contribution is 6.17. The second-order valence-corrected chi connectivity index (χ2v) is 3.26. The summed E-state index contributed by atoms with van der Waals surface area (Å²) in [7, 11) is 0. The van der Waals surface area contributed by atoms with Crippen molar-refractivity contribution in [2.45, 2.75) is 19.8 Å². The van der Waals surface area contributed by atoms with Crippen molar-refractivity contribution in [1.82, 2.24) is 10.2 Å². The van der Waals surface area contributed by atoms with Crippen LogP contribution in [-0.4, -0.2) is 22.6 Å². The molecule has 0 saturated heterocycles. The normalized spacial score (nSPS) is 10.0. The molecule has 3 nitrogen and oxygen atoms in total. The van der Waals surface area contributed by atoms with Gasteiger partial charge in [0.15, 0.2) is 0 Å². The van der Waals surface area contributed by atoms with Gasteiger partial charge < -0.3 is 5.32 Å². The molecule has 1 rings (SSSR count). The molecule has 0 spiro atoms. The maximum absolute atomic E-state index is 5.55. The second-order valence-electron chi connectivity index (χ2n) is 2.88. The van der Waals surface area contributed by atoms with E-state index in [1.807, 2.05) is 19.1 Å². The van der Waals surface area contributed by atoms with Crippen molar-refractivity contribution in [3.05, 3.63) is 17.8 Å². The topological polar surface area (TPSA) is 37.8 Å². The maximum atomic E-state index is 5.55. The van der Waals surface area contributed by atoms with Gasteiger partial charge in [0.1, 0.15) is 5.82 Å². The van der Waals surface area contributed by atoms with Gasteiger partial charge in [0.25, 0.3) is 0 Å². The van der Waals surface area contributed by atoms with Gasteiger partial charge in [0.05, 0.1) is 5.69 Å². The van der Waals surface area contributed by atoms with Gasteiger partial charge in [-0.15, -0.1) is 16.7 Å². The largest absolute Gasteiger partial charge is 0.369 e. The van der Waals surface area contributed by atoms with Crippen LogP contribution >= 0.6 is 11.6 Å². The number of unbranched alkanes of at least 4 members (excludes halogenated alkanes) is 1. The standard InChI is InChI=1S/C9H14ClN3/c1-8-4-5-9(13-12-8)11-7-3-2-6-10/h4-5H,2-3,6-7H2,1H3,(H,11,13). The Morgan fingerprint density at radius 3 is 2.77 bits per heavy atom. The van der Waals surface area contributed by atoms with Crippen LogP contribution in [0, 0.1) is 6.92 Å². The van der Waals surface area contributed by atoms with Crippen molar-refractivity contribution in [2.75, 3.05) is 17.7 Å². The number of halogens is 1. The van der Waals surface area contributed by atoms with Gasteiger partial charge in [-0.2, -0.15) is 5.10 Å². The van der Waals surface area contributed by atoms with Crippen LogP contribution in [0.2, 0.25) is 0 Å². The first-order chi connectivity index (χ1) is 6.33. The molecule has 72 valence electrons. The van der Waals surface area contributed by atoms with Crippen LogP contribution in [0.15, 0.2) is 12.1 Å². The molecule has 4 heteroatoms. The van der Waals surface area contributed by atoms with Crippen molar-refractivity contribution in [1.29, 1.82) is 0 Å². The Kier molecular flexibility index (Phi) is 4.54. The summed E-state index contributed by atoms with van der Waals surface area (Å²) in [6.45, 7) is 2.83. The number of aryl methyl sites for hydroxylation is 1. The molecule has 0 aliphatic heterocycles. The fourth-order valence-electron chi connectivity index (χ4n) is 0.929. The highest BCUT2D eigenvalue weighted by atomic mass is 35.5. The predicted octanol–water partition coefficient (Wildman–Crippen LogP) is 2.22. The minimum atomic E-state index is 0.723. The highest BCUT2D eigenvalue weighted by Crippen LogP contribution is 2.01. The van der Waals surface area contributed by atoms with Crippen LogP contribution in [0.4, 0.5) is 5.82 Å². The molecule has 1 aromatic rings. The minimum Gasteiger partial charge on any atom is -0.369 e. The third-order valence-electron chi connectivity index (χ3n) is 1.66. The lowest BCUT2D eigenvalue weighted by Gasteiger charge is -2.03. The minimum absolute atomic E-state index is 0.723. The fourth-order valence-corrected chi connectivity index (χ4v) is 1.12. The molecule has 0 saturated carbocycles. The summed E-state index contributed by atoms with van der Waals surface area (Å²) in [5.74, 6) is 1.56. The maximum Gasteiger partial charge on any atom is 0.148 e. The number of aromatic nitrogens is 2. The number of nitrogens with one attached hydrogen (secondary N) is 1. The lowest BCUT2D eigenvalue weighted by molar-refractivity contribution is 0.830. The molecular formula is C9H14ClN3. The van der Waals surface area contributed by atoms with Crippen molar-refractivity contribution in [3.63, 3.8) is 0 Å². The van der Waals surface area contributed by atoms with Crippen LogP contribution in [0.1, 0.15) is 18.5 Å². The molecule has 0 radical (unpaired) electrons. The summed E-state index contributed by atoms with van der Waals surface area (Å²) < 4.78 is 0. The van der Waals surface area contributed by atoms with Gasteiger partial charge in [-0.05, 0) is 31.9 Å². The zero-order valence-corrected chi connectivity index (χ0v) is 8.51. The number of hydrogen-bond acceptors (Lipinski definition) is 3. The quantitative estimate of drug-likeness (QED) is 0.584. The Morgan fingerprint density at radius 1 is 1.31 bits per heavy atom. The summed E-state index contributed by atoms with van der Waals surface area (Å²) in [6.07, 6.45) is 2.10. The summed E-state index contributed by atoms with van der Waals surface area (Å²) >= 11 is 5.55. The Bertz CT molecular complexity index is 235.